The average Bonchev–Trinajstić information content (AvgIpc) is 2.85. The van der Waals surface area contributed by atoms with E-state index in [9.17, 15) is 15.2 Å². The number of carboxylic acid groups (broad SMARTS) is 1. The summed E-state index contributed by atoms with van der Waals surface area (Å²) < 4.78 is 1.62. The van der Waals surface area contributed by atoms with Gasteiger partial charge < -0.3 is 9.67 Å². The predicted octanol–water partition coefficient (Wildman–Crippen LogP) is 3.51. The van der Waals surface area contributed by atoms with Crippen LogP contribution < -0.4 is 0 Å². The lowest BCUT2D eigenvalue weighted by atomic mass is 10.1. The van der Waals surface area contributed by atoms with E-state index in [1.54, 1.807) is 34.9 Å². The molecule has 0 aliphatic carbocycles. The van der Waals surface area contributed by atoms with Crippen molar-refractivity contribution in [3.8, 4) is 11.8 Å². The molecule has 2 aromatic carbocycles. The molecule has 0 amide bonds. The van der Waals surface area contributed by atoms with E-state index in [0.717, 1.165) is 16.5 Å². The van der Waals surface area contributed by atoms with Crippen LogP contribution in [0.1, 0.15) is 21.6 Å². The number of benzene rings is 2. The zero-order chi connectivity index (χ0) is 15.0. The number of para-hydroxylation sites is 1. The molecule has 0 fully saturated rings. The highest BCUT2D eigenvalue weighted by atomic mass is 16.4. The summed E-state index contributed by atoms with van der Waals surface area (Å²) in [5, 5.41) is 19.6. The molecule has 1 aromatic heterocycles. The largest absolute Gasteiger partial charge is 0.477 e. The summed E-state index contributed by atoms with van der Waals surface area (Å²) in [6.07, 6.45) is 0. The first-order valence-corrected chi connectivity index (χ1v) is 6.46. The number of rotatable bonds is 2. The summed E-state index contributed by atoms with van der Waals surface area (Å²) in [4.78, 5) is 11.5. The first kappa shape index (κ1) is 12.9. The van der Waals surface area contributed by atoms with Crippen LogP contribution in [-0.4, -0.2) is 15.6 Å². The molecule has 0 aliphatic rings. The molecule has 0 saturated heterocycles. The topological polar surface area (TPSA) is 66.0 Å². The number of carbonyl (C=O) groups is 1. The van der Waals surface area contributed by atoms with Gasteiger partial charge in [-0.25, -0.2) is 4.79 Å². The van der Waals surface area contributed by atoms with Gasteiger partial charge in [0.1, 0.15) is 11.8 Å². The summed E-state index contributed by atoms with van der Waals surface area (Å²) >= 11 is 0. The number of fused-ring (bicyclic) bond motifs is 1. The van der Waals surface area contributed by atoms with E-state index in [-0.39, 0.29) is 5.69 Å². The van der Waals surface area contributed by atoms with E-state index in [0.29, 0.717) is 11.3 Å². The van der Waals surface area contributed by atoms with Crippen molar-refractivity contribution in [2.24, 2.45) is 0 Å². The Kier molecular flexibility index (Phi) is 2.96. The predicted molar refractivity (Wildman–Crippen MR) is 79.7 cm³/mol. The minimum absolute atomic E-state index is 0.151. The van der Waals surface area contributed by atoms with Crippen molar-refractivity contribution in [2.75, 3.05) is 0 Å². The first-order chi connectivity index (χ1) is 10.1. The van der Waals surface area contributed by atoms with Crippen LogP contribution >= 0.6 is 0 Å². The monoisotopic (exact) mass is 276 g/mol. The van der Waals surface area contributed by atoms with Gasteiger partial charge in [-0.3, -0.25) is 0 Å². The Labute approximate surface area is 121 Å². The number of carboxylic acids is 1. The van der Waals surface area contributed by atoms with Crippen molar-refractivity contribution in [2.45, 2.75) is 6.92 Å². The molecule has 3 aromatic rings. The van der Waals surface area contributed by atoms with Gasteiger partial charge in [0.05, 0.1) is 16.8 Å². The van der Waals surface area contributed by atoms with Gasteiger partial charge in [-0.2, -0.15) is 5.26 Å². The summed E-state index contributed by atoms with van der Waals surface area (Å²) in [7, 11) is 0. The third-order valence-corrected chi connectivity index (χ3v) is 3.44. The maximum atomic E-state index is 11.5. The van der Waals surface area contributed by atoms with Crippen molar-refractivity contribution in [3.05, 3.63) is 65.4 Å². The fourth-order valence-electron chi connectivity index (χ4n) is 2.51. The van der Waals surface area contributed by atoms with Crippen LogP contribution in [-0.2, 0) is 0 Å². The quantitative estimate of drug-likeness (QED) is 0.778. The van der Waals surface area contributed by atoms with Gasteiger partial charge >= 0.3 is 5.97 Å². The van der Waals surface area contributed by atoms with Gasteiger partial charge in [-0.05, 0) is 37.3 Å². The molecular formula is C17H12N2O2. The Morgan fingerprint density at radius 2 is 1.95 bits per heavy atom. The minimum atomic E-state index is -1.02. The van der Waals surface area contributed by atoms with Crippen LogP contribution in [0.3, 0.4) is 0 Å². The molecule has 0 atom stereocenters. The third kappa shape index (κ3) is 2.05. The lowest BCUT2D eigenvalue weighted by Crippen LogP contribution is -2.07. The molecule has 102 valence electrons. The summed E-state index contributed by atoms with van der Waals surface area (Å²) in [6.45, 7) is 1.96. The average molecular weight is 276 g/mol. The normalized spacial score (nSPS) is 10.5. The van der Waals surface area contributed by atoms with Crippen molar-refractivity contribution in [3.63, 3.8) is 0 Å². The molecule has 1 heterocycles. The van der Waals surface area contributed by atoms with Gasteiger partial charge in [0.15, 0.2) is 0 Å². The summed E-state index contributed by atoms with van der Waals surface area (Å²) in [6, 6.07) is 16.5. The minimum Gasteiger partial charge on any atom is -0.477 e. The van der Waals surface area contributed by atoms with E-state index < -0.39 is 5.97 Å². The Morgan fingerprint density at radius 3 is 2.67 bits per heavy atom. The Balaban J connectivity index is 2.43. The van der Waals surface area contributed by atoms with Crippen LogP contribution in [0.15, 0.2) is 48.5 Å². The Hall–Kier alpha value is -3.06. The van der Waals surface area contributed by atoms with Gasteiger partial charge in [-0.15, -0.1) is 0 Å². The molecule has 3 rings (SSSR count). The van der Waals surface area contributed by atoms with Gasteiger partial charge in [0.2, 0.25) is 0 Å². The Morgan fingerprint density at radius 1 is 1.19 bits per heavy atom. The molecule has 0 saturated carbocycles. The fraction of sp³-hybridized carbons (Fsp3) is 0.0588. The standard InChI is InChI=1S/C17H12N2O2/c1-11-6-7-15-13(8-11)9-16(17(20)21)19(15)14-5-3-2-4-12(14)10-18/h2-9H,1H3,(H,20,21). The molecule has 0 radical (unpaired) electrons. The van der Waals surface area contributed by atoms with Crippen molar-refractivity contribution in [1.29, 1.82) is 5.26 Å². The van der Waals surface area contributed by atoms with Gasteiger partial charge in [-0.1, -0.05) is 23.8 Å². The Bertz CT molecular complexity index is 901. The smallest absolute Gasteiger partial charge is 0.352 e. The molecule has 0 bridgehead atoms. The van der Waals surface area contributed by atoms with E-state index >= 15 is 0 Å². The molecule has 1 N–H and O–H groups in total. The van der Waals surface area contributed by atoms with Crippen LogP contribution in [0, 0.1) is 18.3 Å². The lowest BCUT2D eigenvalue weighted by molar-refractivity contribution is 0.0688. The third-order valence-electron chi connectivity index (χ3n) is 3.44. The molecule has 0 aliphatic heterocycles. The highest BCUT2D eigenvalue weighted by Crippen LogP contribution is 2.27. The van der Waals surface area contributed by atoms with Crippen LogP contribution in [0.2, 0.25) is 0 Å². The number of hydrogen-bond acceptors (Lipinski definition) is 2. The molecule has 21 heavy (non-hydrogen) atoms. The zero-order valence-electron chi connectivity index (χ0n) is 11.4. The summed E-state index contributed by atoms with van der Waals surface area (Å²) in [5.41, 5.74) is 3.01. The fourth-order valence-corrected chi connectivity index (χ4v) is 2.51. The van der Waals surface area contributed by atoms with E-state index in [1.807, 2.05) is 25.1 Å². The number of aromatic carboxylic acids is 1. The van der Waals surface area contributed by atoms with Crippen molar-refractivity contribution >= 4 is 16.9 Å². The number of nitriles is 1. The number of nitrogens with zero attached hydrogens (tertiary/aromatic N) is 2. The lowest BCUT2D eigenvalue weighted by Gasteiger charge is -2.10. The molecule has 4 nitrogen and oxygen atoms in total. The van der Waals surface area contributed by atoms with Crippen LogP contribution in [0.5, 0.6) is 0 Å². The first-order valence-electron chi connectivity index (χ1n) is 6.46. The SMILES string of the molecule is Cc1ccc2c(c1)cc(C(=O)O)n2-c1ccccc1C#N. The number of aryl methyl sites for hydroxylation is 1. The second-order valence-electron chi connectivity index (χ2n) is 4.86. The molecular weight excluding hydrogens is 264 g/mol. The molecule has 0 spiro atoms. The summed E-state index contributed by atoms with van der Waals surface area (Å²) in [5.74, 6) is -1.02. The number of aromatic nitrogens is 1. The van der Waals surface area contributed by atoms with Gasteiger partial charge in [0.25, 0.3) is 0 Å². The molecule has 0 unspecified atom stereocenters. The highest BCUT2D eigenvalue weighted by molar-refractivity contribution is 5.96. The maximum Gasteiger partial charge on any atom is 0.352 e. The zero-order valence-corrected chi connectivity index (χ0v) is 11.4. The maximum absolute atomic E-state index is 11.5. The van der Waals surface area contributed by atoms with Crippen molar-refractivity contribution in [1.82, 2.24) is 4.57 Å². The van der Waals surface area contributed by atoms with Crippen LogP contribution in [0.4, 0.5) is 0 Å². The number of hydrogen-bond donors (Lipinski definition) is 1. The van der Waals surface area contributed by atoms with E-state index in [2.05, 4.69) is 6.07 Å². The molecule has 4 heteroatoms. The van der Waals surface area contributed by atoms with Crippen LogP contribution in [0.25, 0.3) is 16.6 Å². The van der Waals surface area contributed by atoms with Crippen molar-refractivity contribution < 1.29 is 9.90 Å². The van der Waals surface area contributed by atoms with E-state index in [4.69, 9.17) is 0 Å². The van der Waals surface area contributed by atoms with Gasteiger partial charge in [0, 0.05) is 5.39 Å². The second kappa shape index (κ2) is 4.80. The highest BCUT2D eigenvalue weighted by Gasteiger charge is 2.17. The second-order valence-corrected chi connectivity index (χ2v) is 4.86. The van der Waals surface area contributed by atoms with E-state index in [1.165, 1.54) is 0 Å².